The monoisotopic (exact) mass is 548 g/mol. The average Bonchev–Trinajstić information content (AvgIpc) is 3.46. The van der Waals surface area contributed by atoms with Crippen LogP contribution in [0.5, 0.6) is 0 Å². The van der Waals surface area contributed by atoms with Gasteiger partial charge in [-0.2, -0.15) is 0 Å². The highest BCUT2D eigenvalue weighted by atomic mass is 32.2. The van der Waals surface area contributed by atoms with Crippen LogP contribution in [-0.4, -0.2) is 74.7 Å². The summed E-state index contributed by atoms with van der Waals surface area (Å²) in [6.07, 6.45) is 3.03. The maximum atomic E-state index is 13.5. The second kappa shape index (κ2) is 10.6. The maximum absolute atomic E-state index is 13.5. The minimum Gasteiger partial charge on any atom is -0.378 e. The number of sulfone groups is 1. The fourth-order valence-electron chi connectivity index (χ4n) is 5.46. The predicted molar refractivity (Wildman–Crippen MR) is 154 cm³/mol. The van der Waals surface area contributed by atoms with E-state index in [-0.39, 0.29) is 22.6 Å². The van der Waals surface area contributed by atoms with E-state index in [1.807, 2.05) is 44.0 Å². The number of rotatable bonds is 6. The van der Waals surface area contributed by atoms with Crippen LogP contribution in [-0.2, 0) is 20.4 Å². The summed E-state index contributed by atoms with van der Waals surface area (Å²) >= 11 is 0. The molecule has 2 unspecified atom stereocenters. The summed E-state index contributed by atoms with van der Waals surface area (Å²) < 4.78 is 26.9. The smallest absolute Gasteiger partial charge is 0.252 e. The lowest BCUT2D eigenvalue weighted by Gasteiger charge is -2.32. The zero-order chi connectivity index (χ0) is 27.9. The summed E-state index contributed by atoms with van der Waals surface area (Å²) in [6.45, 7) is 10.7. The first-order valence-corrected chi connectivity index (χ1v) is 14.9. The fraction of sp³-hybridized carbons (Fsp3) is 0.367. The van der Waals surface area contributed by atoms with Gasteiger partial charge >= 0.3 is 0 Å². The lowest BCUT2D eigenvalue weighted by Crippen LogP contribution is -2.47. The Bertz CT molecular complexity index is 1470. The molecular weight excluding hydrogens is 512 g/mol. The van der Waals surface area contributed by atoms with Gasteiger partial charge in [-0.25, -0.2) is 8.42 Å². The van der Waals surface area contributed by atoms with Crippen LogP contribution < -0.4 is 10.6 Å². The number of benzene rings is 2. The molecule has 2 atom stereocenters. The molecule has 0 bridgehead atoms. The molecule has 9 heteroatoms. The number of nitrogens with one attached hydrogen (secondary N) is 2. The molecule has 0 aromatic heterocycles. The van der Waals surface area contributed by atoms with Gasteiger partial charge in [0, 0.05) is 66.7 Å². The van der Waals surface area contributed by atoms with Crippen molar-refractivity contribution in [2.24, 2.45) is 0 Å². The molecule has 3 heterocycles. The molecule has 1 amide bonds. The molecule has 206 valence electrons. The maximum Gasteiger partial charge on any atom is 0.252 e. The third-order valence-corrected chi connectivity index (χ3v) is 9.59. The zero-order valence-corrected chi connectivity index (χ0v) is 23.5. The highest BCUT2D eigenvalue weighted by Crippen LogP contribution is 2.38. The van der Waals surface area contributed by atoms with Crippen LogP contribution in [0.15, 0.2) is 71.3 Å². The normalized spacial score (nSPS) is 22.6. The number of aliphatic hydroxyl groups is 1. The molecule has 0 radical (unpaired) electrons. The molecule has 0 saturated carbocycles. The molecule has 8 nitrogen and oxygen atoms in total. The number of aliphatic hydroxyl groups excluding tert-OH is 1. The van der Waals surface area contributed by atoms with Crippen LogP contribution in [0.4, 0.5) is 5.69 Å². The molecular formula is C30H36N4O4S. The minimum atomic E-state index is -3.65. The van der Waals surface area contributed by atoms with Crippen molar-refractivity contribution in [1.29, 1.82) is 0 Å². The molecule has 1 fully saturated rings. The van der Waals surface area contributed by atoms with Crippen LogP contribution in [0.3, 0.4) is 0 Å². The molecule has 1 saturated heterocycles. The summed E-state index contributed by atoms with van der Waals surface area (Å²) in [4.78, 5) is 17.7. The van der Waals surface area contributed by atoms with Crippen LogP contribution in [0.2, 0.25) is 0 Å². The Kier molecular flexibility index (Phi) is 7.41. The van der Waals surface area contributed by atoms with Crippen molar-refractivity contribution >= 4 is 27.0 Å². The van der Waals surface area contributed by atoms with Gasteiger partial charge in [-0.15, -0.1) is 6.58 Å². The van der Waals surface area contributed by atoms with Gasteiger partial charge in [0.25, 0.3) is 5.91 Å². The van der Waals surface area contributed by atoms with Crippen LogP contribution >= 0.6 is 0 Å². The molecule has 3 aliphatic heterocycles. The summed E-state index contributed by atoms with van der Waals surface area (Å²) in [7, 11) is -1.60. The molecule has 3 aliphatic rings. The number of aryl methyl sites for hydroxylation is 2. The van der Waals surface area contributed by atoms with E-state index in [2.05, 4.69) is 22.1 Å². The van der Waals surface area contributed by atoms with E-state index in [0.29, 0.717) is 47.6 Å². The number of nitrogens with zero attached hydrogens (tertiary/aromatic N) is 2. The third kappa shape index (κ3) is 5.39. The average molecular weight is 549 g/mol. The molecule has 2 aromatic rings. The Morgan fingerprint density at radius 2 is 1.79 bits per heavy atom. The quantitative estimate of drug-likeness (QED) is 0.477. The number of likely N-dealkylation sites (N-methyl/N-ethyl adjacent to an activating group) is 1. The highest BCUT2D eigenvalue weighted by molar-refractivity contribution is 7.90. The highest BCUT2D eigenvalue weighted by Gasteiger charge is 2.33. The Morgan fingerprint density at radius 1 is 1.10 bits per heavy atom. The van der Waals surface area contributed by atoms with Gasteiger partial charge in [-0.3, -0.25) is 4.79 Å². The van der Waals surface area contributed by atoms with Gasteiger partial charge in [0.1, 0.15) is 0 Å². The summed E-state index contributed by atoms with van der Waals surface area (Å²) in [5.41, 5.74) is 5.72. The lowest BCUT2D eigenvalue weighted by atomic mass is 10.0. The first-order chi connectivity index (χ1) is 18.6. The minimum absolute atomic E-state index is 0.0163. The van der Waals surface area contributed by atoms with E-state index in [4.69, 9.17) is 0 Å². The number of amides is 1. The van der Waals surface area contributed by atoms with E-state index < -0.39 is 16.1 Å². The van der Waals surface area contributed by atoms with Gasteiger partial charge in [0.2, 0.25) is 0 Å². The number of carbonyl (C=O) groups excluding carboxylic acids is 1. The fourth-order valence-corrected chi connectivity index (χ4v) is 7.03. The first-order valence-electron chi connectivity index (χ1n) is 13.3. The Morgan fingerprint density at radius 3 is 2.46 bits per heavy atom. The van der Waals surface area contributed by atoms with E-state index in [0.717, 1.165) is 29.8 Å². The van der Waals surface area contributed by atoms with Crippen molar-refractivity contribution in [3.63, 3.8) is 0 Å². The van der Waals surface area contributed by atoms with E-state index in [1.54, 1.807) is 30.4 Å². The van der Waals surface area contributed by atoms with Crippen molar-refractivity contribution in [2.75, 3.05) is 38.5 Å². The number of anilines is 1. The van der Waals surface area contributed by atoms with Crippen molar-refractivity contribution in [3.8, 4) is 0 Å². The van der Waals surface area contributed by atoms with E-state index in [9.17, 15) is 18.3 Å². The Balaban J connectivity index is 1.49. The number of fused-ring (bicyclic) bond motifs is 1. The Labute approximate surface area is 230 Å². The molecule has 5 rings (SSSR count). The first kappa shape index (κ1) is 27.2. The third-order valence-electron chi connectivity index (χ3n) is 7.95. The van der Waals surface area contributed by atoms with Crippen LogP contribution in [0.1, 0.15) is 28.7 Å². The van der Waals surface area contributed by atoms with Crippen LogP contribution in [0.25, 0.3) is 5.57 Å². The van der Waals surface area contributed by atoms with Crippen LogP contribution in [0, 0.1) is 13.8 Å². The van der Waals surface area contributed by atoms with Crippen molar-refractivity contribution in [3.05, 3.63) is 88.7 Å². The molecule has 3 N–H and O–H groups in total. The van der Waals surface area contributed by atoms with Crippen molar-refractivity contribution < 1.29 is 18.3 Å². The van der Waals surface area contributed by atoms with Crippen molar-refractivity contribution in [2.45, 2.75) is 43.2 Å². The molecule has 0 spiro atoms. The lowest BCUT2D eigenvalue weighted by molar-refractivity contribution is -0.128. The number of allylic oxidation sites excluding steroid dienone is 1. The largest absolute Gasteiger partial charge is 0.378 e. The summed E-state index contributed by atoms with van der Waals surface area (Å²) in [5.74, 6) is -0.117. The van der Waals surface area contributed by atoms with Gasteiger partial charge in [-0.05, 0) is 61.9 Å². The SMILES string of the molecule is C=CC1CC(C(=O)N2CCN(C)CC2)=C(C=C2c3cc(S(=O)(=O)Cc4c(C)cccc4C)ccc3NC2O)N1. The summed E-state index contributed by atoms with van der Waals surface area (Å²) in [6, 6.07) is 10.5. The number of hydrogen-bond acceptors (Lipinski definition) is 7. The van der Waals surface area contributed by atoms with Crippen molar-refractivity contribution in [1.82, 2.24) is 15.1 Å². The zero-order valence-electron chi connectivity index (χ0n) is 22.7. The Hall–Kier alpha value is -3.40. The molecule has 39 heavy (non-hydrogen) atoms. The predicted octanol–water partition coefficient (Wildman–Crippen LogP) is 2.98. The summed E-state index contributed by atoms with van der Waals surface area (Å²) in [5, 5.41) is 17.3. The molecule has 0 aliphatic carbocycles. The van der Waals surface area contributed by atoms with Gasteiger partial charge in [0.05, 0.1) is 10.6 Å². The van der Waals surface area contributed by atoms with E-state index >= 15 is 0 Å². The number of carbonyl (C=O) groups is 1. The van der Waals surface area contributed by atoms with E-state index in [1.165, 1.54) is 0 Å². The van der Waals surface area contributed by atoms with Gasteiger partial charge in [-0.1, -0.05) is 24.3 Å². The molecule has 2 aromatic carbocycles. The van der Waals surface area contributed by atoms with Gasteiger partial charge in [0.15, 0.2) is 16.1 Å². The standard InChI is InChI=1S/C30H36N4O4S/c1-5-21-15-25(30(36)34-13-11-33(4)12-14-34)28(31-21)17-24-23-16-22(9-10-27(23)32-29(24)35)39(37,38)18-26-19(2)7-6-8-20(26)3/h5-10,16-17,21,29,31-32,35H,1,11-15,18H2,2-4H3. The number of piperazine rings is 1. The number of hydrogen-bond donors (Lipinski definition) is 3. The second-order valence-electron chi connectivity index (χ2n) is 10.7. The second-order valence-corrected chi connectivity index (χ2v) is 12.7. The van der Waals surface area contributed by atoms with Gasteiger partial charge < -0.3 is 25.5 Å². The topological polar surface area (TPSA) is 102 Å².